The fourth-order valence-electron chi connectivity index (χ4n) is 9.04. The maximum Gasteiger partial charge on any atom is 0.345 e. The van der Waals surface area contributed by atoms with E-state index in [2.05, 4.69) is 38.3 Å². The van der Waals surface area contributed by atoms with Gasteiger partial charge in [0.25, 0.3) is 0 Å². The predicted molar refractivity (Wildman–Crippen MR) is 126 cm³/mol. The van der Waals surface area contributed by atoms with Gasteiger partial charge in [-0.2, -0.15) is 0 Å². The number of hydrogen-bond donors (Lipinski definition) is 3. The number of urea groups is 1. The summed E-state index contributed by atoms with van der Waals surface area (Å²) in [6, 6.07) is -0.433. The Kier molecular flexibility index (Phi) is 6.75. The molecule has 4 aliphatic carbocycles. The van der Waals surface area contributed by atoms with Crippen LogP contribution < -0.4 is 17.1 Å². The average molecular weight is 431 g/mol. The van der Waals surface area contributed by atoms with Gasteiger partial charge in [0.1, 0.15) is 0 Å². The summed E-state index contributed by atoms with van der Waals surface area (Å²) in [5.74, 6) is 16.3. The Labute approximate surface area is 189 Å². The lowest BCUT2D eigenvalue weighted by Gasteiger charge is -2.62. The van der Waals surface area contributed by atoms with Crippen molar-refractivity contribution in [3.63, 3.8) is 0 Å². The molecular formula is C26H46N4O. The van der Waals surface area contributed by atoms with Crippen molar-refractivity contribution in [2.45, 2.75) is 91.4 Å². The van der Waals surface area contributed by atoms with Crippen molar-refractivity contribution in [3.05, 3.63) is 12.2 Å². The minimum absolute atomic E-state index is 0.433. The second-order valence-electron chi connectivity index (χ2n) is 11.7. The van der Waals surface area contributed by atoms with E-state index in [0.717, 1.165) is 41.0 Å². The number of hydrogen-bond acceptors (Lipinski definition) is 3. The third-order valence-electron chi connectivity index (χ3n) is 10.6. The lowest BCUT2D eigenvalue weighted by atomic mass is 9.42. The van der Waals surface area contributed by atoms with Crippen LogP contribution in [0, 0.1) is 46.3 Å². The number of carbonyl (C=O) groups excluding carboxylic acids is 1. The number of amides is 2. The van der Waals surface area contributed by atoms with Crippen LogP contribution in [0.25, 0.3) is 0 Å². The van der Waals surface area contributed by atoms with Gasteiger partial charge in [0.2, 0.25) is 0 Å². The van der Waals surface area contributed by atoms with Gasteiger partial charge in [0, 0.05) is 6.54 Å². The molecule has 8 atom stereocenters. The summed E-state index contributed by atoms with van der Waals surface area (Å²) in [5, 5.41) is 1.16. The van der Waals surface area contributed by atoms with E-state index >= 15 is 0 Å². The Morgan fingerprint density at radius 2 is 1.84 bits per heavy atom. The van der Waals surface area contributed by atoms with Gasteiger partial charge in [-0.3, -0.25) is 10.4 Å². The second-order valence-corrected chi connectivity index (χ2v) is 11.7. The van der Waals surface area contributed by atoms with Crippen molar-refractivity contribution >= 4 is 6.03 Å². The molecule has 0 bridgehead atoms. The first-order valence-corrected chi connectivity index (χ1v) is 13.0. The van der Waals surface area contributed by atoms with E-state index in [9.17, 15) is 4.79 Å². The number of nitrogens with one attached hydrogen (secondary N) is 1. The van der Waals surface area contributed by atoms with E-state index < -0.39 is 6.03 Å². The molecule has 0 saturated heterocycles. The molecule has 5 N–H and O–H groups in total. The zero-order chi connectivity index (χ0) is 22.2. The van der Waals surface area contributed by atoms with Crippen LogP contribution in [-0.4, -0.2) is 17.6 Å². The average Bonchev–Trinajstić information content (AvgIpc) is 3.11. The molecular weight excluding hydrogens is 384 g/mol. The van der Waals surface area contributed by atoms with Crippen molar-refractivity contribution < 1.29 is 4.79 Å². The summed E-state index contributed by atoms with van der Waals surface area (Å²) < 4.78 is 0. The molecule has 4 rings (SSSR count). The van der Waals surface area contributed by atoms with E-state index in [0.29, 0.717) is 23.3 Å². The Morgan fingerprint density at radius 1 is 1.06 bits per heavy atom. The molecule has 2 amide bonds. The molecule has 5 unspecified atom stereocenters. The second kappa shape index (κ2) is 9.05. The Hall–Kier alpha value is -1.07. The molecule has 4 aliphatic rings. The first-order chi connectivity index (χ1) is 14.8. The van der Waals surface area contributed by atoms with Crippen LogP contribution >= 0.6 is 0 Å². The number of nitrogens with two attached hydrogens (primary N) is 2. The van der Waals surface area contributed by atoms with Crippen LogP contribution in [0.2, 0.25) is 0 Å². The van der Waals surface area contributed by atoms with E-state index in [1.807, 2.05) is 0 Å². The molecule has 31 heavy (non-hydrogen) atoms. The van der Waals surface area contributed by atoms with Gasteiger partial charge in [0.05, 0.1) is 0 Å². The molecule has 0 heterocycles. The van der Waals surface area contributed by atoms with Crippen molar-refractivity contribution in [3.8, 4) is 0 Å². The maximum atomic E-state index is 11.5. The quantitative estimate of drug-likeness (QED) is 0.237. The number of carbonyl (C=O) groups is 1. The number of rotatable bonds is 5. The summed E-state index contributed by atoms with van der Waals surface area (Å²) in [5.41, 5.74) is 3.14. The normalized spacial score (nSPS) is 44.4. The first-order valence-electron chi connectivity index (χ1n) is 13.0. The van der Waals surface area contributed by atoms with Gasteiger partial charge in [-0.05, 0) is 97.7 Å². The number of fused-ring (bicyclic) bond motifs is 5. The molecule has 0 radical (unpaired) electrons. The highest BCUT2D eigenvalue weighted by atomic mass is 16.2. The molecule has 0 aromatic heterocycles. The van der Waals surface area contributed by atoms with Crippen LogP contribution in [0.3, 0.4) is 0 Å². The van der Waals surface area contributed by atoms with Gasteiger partial charge < -0.3 is 0 Å². The maximum absolute atomic E-state index is 11.5. The Bertz CT molecular complexity index is 680. The molecule has 0 aliphatic heterocycles. The smallest absolute Gasteiger partial charge is 0.275 e. The van der Waals surface area contributed by atoms with Gasteiger partial charge in [-0.25, -0.2) is 16.5 Å². The van der Waals surface area contributed by atoms with Crippen molar-refractivity contribution in [1.29, 1.82) is 0 Å². The van der Waals surface area contributed by atoms with Crippen LogP contribution in [0.1, 0.15) is 91.4 Å². The van der Waals surface area contributed by atoms with Gasteiger partial charge in [-0.1, -0.05) is 52.2 Å². The molecule has 0 spiro atoms. The molecule has 176 valence electrons. The topological polar surface area (TPSA) is 84.4 Å². The number of hydrazine groups is 2. The lowest BCUT2D eigenvalue weighted by Crippen LogP contribution is -2.55. The summed E-state index contributed by atoms with van der Waals surface area (Å²) in [7, 11) is 0. The highest BCUT2D eigenvalue weighted by molar-refractivity contribution is 5.72. The fraction of sp³-hybridized carbons (Fsp3) is 0.885. The lowest BCUT2D eigenvalue weighted by molar-refractivity contribution is -0.133. The Morgan fingerprint density at radius 3 is 2.58 bits per heavy atom. The summed E-state index contributed by atoms with van der Waals surface area (Å²) in [6.45, 7) is 8.24. The zero-order valence-corrected chi connectivity index (χ0v) is 20.1. The Balaban J connectivity index is 1.45. The third kappa shape index (κ3) is 3.94. The highest BCUT2D eigenvalue weighted by Crippen LogP contribution is 2.68. The van der Waals surface area contributed by atoms with Gasteiger partial charge in [0.15, 0.2) is 0 Å². The molecule has 4 fully saturated rings. The molecule has 0 aromatic rings. The van der Waals surface area contributed by atoms with Crippen molar-refractivity contribution in [2.24, 2.45) is 58.0 Å². The minimum Gasteiger partial charge on any atom is -0.275 e. The van der Waals surface area contributed by atoms with E-state index in [1.165, 1.54) is 64.2 Å². The number of allylic oxidation sites excluding steroid dienone is 1. The summed E-state index contributed by atoms with van der Waals surface area (Å²) in [6.07, 6.45) is 19.8. The number of nitrogens with zero attached hydrogens (tertiary/aromatic N) is 1. The largest absolute Gasteiger partial charge is 0.345 e. The first kappa shape index (κ1) is 23.1. The van der Waals surface area contributed by atoms with Crippen molar-refractivity contribution in [2.75, 3.05) is 6.54 Å². The van der Waals surface area contributed by atoms with Crippen LogP contribution in [0.15, 0.2) is 12.2 Å². The molecule has 5 nitrogen and oxygen atoms in total. The molecule has 5 heteroatoms. The third-order valence-corrected chi connectivity index (χ3v) is 10.6. The highest BCUT2D eigenvalue weighted by Gasteiger charge is 2.60. The standard InChI is InChI=1S/C26H46N4O/c1-4-18-17-20-22-12-11-19(9-6-8-16-30(28)24(31)29-27)25(22,2)15-13-23(20)26(3)14-7-5-10-21(18)26/h6,9,18-23H,4-5,7-8,10-17,27-28H2,1-3H3,(H,29,31)/b9-6-/t18-,19?,20?,21?,22?,23-,25+,26?/m0/s1. The fourth-order valence-corrected chi connectivity index (χ4v) is 9.04. The van der Waals surface area contributed by atoms with Gasteiger partial charge in [-0.15, -0.1) is 0 Å². The van der Waals surface area contributed by atoms with Gasteiger partial charge >= 0.3 is 6.03 Å². The van der Waals surface area contributed by atoms with Crippen LogP contribution in [-0.2, 0) is 0 Å². The van der Waals surface area contributed by atoms with E-state index in [-0.39, 0.29) is 0 Å². The monoisotopic (exact) mass is 430 g/mol. The summed E-state index contributed by atoms with van der Waals surface area (Å²) >= 11 is 0. The van der Waals surface area contributed by atoms with Crippen LogP contribution in [0.5, 0.6) is 0 Å². The molecule has 4 saturated carbocycles. The minimum atomic E-state index is -0.433. The predicted octanol–water partition coefficient (Wildman–Crippen LogP) is 5.38. The molecule has 0 aromatic carbocycles. The zero-order valence-electron chi connectivity index (χ0n) is 20.1. The SMILES string of the molecule is CC[C@H]1CC2C3CCC(/C=C\CCN(N)C(=O)NN)[C@@]3(C)CC[C@@H]2C2(C)CCCCC12. The summed E-state index contributed by atoms with van der Waals surface area (Å²) in [4.78, 5) is 11.5. The van der Waals surface area contributed by atoms with E-state index in [4.69, 9.17) is 11.7 Å². The van der Waals surface area contributed by atoms with Crippen LogP contribution in [0.4, 0.5) is 4.79 Å². The van der Waals surface area contributed by atoms with Crippen molar-refractivity contribution in [1.82, 2.24) is 10.4 Å². The van der Waals surface area contributed by atoms with E-state index in [1.54, 1.807) is 0 Å².